The molecule has 2 aliphatic rings. The lowest BCUT2D eigenvalue weighted by atomic mass is 9.78. The number of imide groups is 1. The van der Waals surface area contributed by atoms with Crippen molar-refractivity contribution in [1.29, 1.82) is 0 Å². The second kappa shape index (κ2) is 6.35. The van der Waals surface area contributed by atoms with Crippen LogP contribution in [0.2, 0.25) is 0 Å². The summed E-state index contributed by atoms with van der Waals surface area (Å²) in [5.74, 6) is -2.10. The fourth-order valence-corrected chi connectivity index (χ4v) is 4.56. The number of hydrogen-bond acceptors (Lipinski definition) is 5. The second-order valence-electron chi connectivity index (χ2n) is 6.94. The van der Waals surface area contributed by atoms with Gasteiger partial charge in [-0.15, -0.1) is 0 Å². The van der Waals surface area contributed by atoms with E-state index < -0.39 is 29.4 Å². The van der Waals surface area contributed by atoms with E-state index in [9.17, 15) is 14.4 Å². The Hall–Kier alpha value is -2.93. The largest absolute Gasteiger partial charge is 0.464 e. The third-order valence-corrected chi connectivity index (χ3v) is 5.81. The number of amides is 2. The molecule has 2 saturated heterocycles. The molecule has 27 heavy (non-hydrogen) atoms. The SMILES string of the molecule is CC[C@@]1(C(=O)OC)[NH2+][C@@H](c2ccco2)[C@H]2C(=O)N(c3ccccc3)C(=O)[C@H]21. The molecule has 1 aromatic heterocycles. The minimum absolute atomic E-state index is 0.312. The molecule has 0 saturated carbocycles. The molecule has 7 heteroatoms. The van der Waals surface area contributed by atoms with Gasteiger partial charge in [0.15, 0.2) is 11.8 Å². The zero-order valence-corrected chi connectivity index (χ0v) is 15.1. The number of rotatable bonds is 4. The van der Waals surface area contributed by atoms with Crippen molar-refractivity contribution in [2.24, 2.45) is 11.8 Å². The van der Waals surface area contributed by atoms with Gasteiger partial charge in [0.05, 0.1) is 19.1 Å². The first-order valence-corrected chi connectivity index (χ1v) is 8.96. The van der Waals surface area contributed by atoms with Crippen LogP contribution in [0.15, 0.2) is 53.1 Å². The summed E-state index contributed by atoms with van der Waals surface area (Å²) < 4.78 is 10.6. The van der Waals surface area contributed by atoms with Crippen LogP contribution in [0.25, 0.3) is 0 Å². The summed E-state index contributed by atoms with van der Waals surface area (Å²) in [6.45, 7) is 1.83. The summed E-state index contributed by atoms with van der Waals surface area (Å²) in [7, 11) is 1.30. The van der Waals surface area contributed by atoms with Gasteiger partial charge in [-0.25, -0.2) is 9.69 Å². The number of fused-ring (bicyclic) bond motifs is 1. The number of hydrogen-bond donors (Lipinski definition) is 1. The average molecular weight is 369 g/mol. The van der Waals surface area contributed by atoms with Gasteiger partial charge in [0, 0.05) is 6.42 Å². The number of nitrogens with two attached hydrogens (primary N) is 1. The zero-order chi connectivity index (χ0) is 19.2. The monoisotopic (exact) mass is 369 g/mol. The molecule has 4 rings (SSSR count). The number of esters is 1. The molecule has 3 heterocycles. The molecule has 0 bridgehead atoms. The molecule has 2 fully saturated rings. The quantitative estimate of drug-likeness (QED) is 0.642. The Morgan fingerprint density at radius 3 is 2.52 bits per heavy atom. The molecule has 1 aromatic carbocycles. The Labute approximate surface area is 156 Å². The van der Waals surface area contributed by atoms with E-state index >= 15 is 0 Å². The third-order valence-electron chi connectivity index (χ3n) is 5.81. The van der Waals surface area contributed by atoms with Crippen molar-refractivity contribution in [3.8, 4) is 0 Å². The summed E-state index contributed by atoms with van der Waals surface area (Å²) in [4.78, 5) is 40.6. The first kappa shape index (κ1) is 17.5. The third kappa shape index (κ3) is 2.35. The highest BCUT2D eigenvalue weighted by Crippen LogP contribution is 2.46. The number of quaternary nitrogens is 1. The molecule has 140 valence electrons. The van der Waals surface area contributed by atoms with Crippen molar-refractivity contribution in [3.05, 3.63) is 54.5 Å². The molecule has 0 unspecified atom stereocenters. The summed E-state index contributed by atoms with van der Waals surface area (Å²) >= 11 is 0. The lowest BCUT2D eigenvalue weighted by Crippen LogP contribution is -2.98. The van der Waals surface area contributed by atoms with Crippen molar-refractivity contribution < 1.29 is 28.9 Å². The molecular weight excluding hydrogens is 348 g/mol. The predicted molar refractivity (Wildman–Crippen MR) is 94.3 cm³/mol. The van der Waals surface area contributed by atoms with E-state index in [1.165, 1.54) is 18.3 Å². The number of methoxy groups -OCH3 is 1. The van der Waals surface area contributed by atoms with Gasteiger partial charge in [-0.05, 0) is 24.3 Å². The standard InChI is InChI=1S/C20H20N2O5/c1-3-20(19(25)26-2)15-14(16(21-20)13-10-7-11-27-13)17(23)22(18(15)24)12-8-5-4-6-9-12/h4-11,14-16,21H,3H2,1-2H3/p+1/t14-,15-,16-,20+/m0/s1. The van der Waals surface area contributed by atoms with Crippen LogP contribution in [0, 0.1) is 11.8 Å². The van der Waals surface area contributed by atoms with Crippen molar-refractivity contribution in [2.45, 2.75) is 24.9 Å². The predicted octanol–water partition coefficient (Wildman–Crippen LogP) is 1.03. The molecule has 2 amide bonds. The van der Waals surface area contributed by atoms with Crippen LogP contribution >= 0.6 is 0 Å². The van der Waals surface area contributed by atoms with Gasteiger partial charge >= 0.3 is 5.97 Å². The smallest absolute Gasteiger partial charge is 0.368 e. The van der Waals surface area contributed by atoms with Crippen LogP contribution in [0.4, 0.5) is 5.69 Å². The van der Waals surface area contributed by atoms with E-state index in [4.69, 9.17) is 9.15 Å². The minimum atomic E-state index is -1.16. The van der Waals surface area contributed by atoms with Gasteiger partial charge in [0.1, 0.15) is 11.8 Å². The Bertz CT molecular complexity index is 879. The van der Waals surface area contributed by atoms with E-state index in [1.54, 1.807) is 41.7 Å². The molecule has 2 aliphatic heterocycles. The van der Waals surface area contributed by atoms with E-state index in [1.807, 2.05) is 13.0 Å². The number of nitrogens with zero attached hydrogens (tertiary/aromatic N) is 1. The van der Waals surface area contributed by atoms with Crippen molar-refractivity contribution in [2.75, 3.05) is 12.0 Å². The van der Waals surface area contributed by atoms with E-state index in [2.05, 4.69) is 0 Å². The lowest BCUT2D eigenvalue weighted by Gasteiger charge is -2.27. The van der Waals surface area contributed by atoms with Crippen molar-refractivity contribution >= 4 is 23.5 Å². The van der Waals surface area contributed by atoms with Gasteiger partial charge in [0.25, 0.3) is 0 Å². The fourth-order valence-electron chi connectivity index (χ4n) is 4.56. The maximum Gasteiger partial charge on any atom is 0.368 e. The molecule has 0 radical (unpaired) electrons. The van der Waals surface area contributed by atoms with Crippen LogP contribution in [-0.2, 0) is 19.1 Å². The molecule has 0 spiro atoms. The van der Waals surface area contributed by atoms with Crippen molar-refractivity contribution in [1.82, 2.24) is 0 Å². The van der Waals surface area contributed by atoms with Crippen molar-refractivity contribution in [3.63, 3.8) is 0 Å². The number of furan rings is 1. The molecular formula is C20H21N2O5+. The van der Waals surface area contributed by atoms with E-state index in [-0.39, 0.29) is 11.8 Å². The zero-order valence-electron chi connectivity index (χ0n) is 15.1. The van der Waals surface area contributed by atoms with Gasteiger partial charge in [-0.2, -0.15) is 0 Å². The molecule has 0 aliphatic carbocycles. The number of para-hydroxylation sites is 1. The first-order valence-electron chi connectivity index (χ1n) is 8.96. The highest BCUT2D eigenvalue weighted by molar-refractivity contribution is 6.23. The summed E-state index contributed by atoms with van der Waals surface area (Å²) in [5.41, 5.74) is -0.650. The first-order chi connectivity index (χ1) is 13.0. The normalized spacial score (nSPS) is 29.9. The van der Waals surface area contributed by atoms with Gasteiger partial charge in [0.2, 0.25) is 17.4 Å². The van der Waals surface area contributed by atoms with Gasteiger partial charge < -0.3 is 14.5 Å². The summed E-state index contributed by atoms with van der Waals surface area (Å²) in [6, 6.07) is 11.8. The van der Waals surface area contributed by atoms with Crippen LogP contribution in [-0.4, -0.2) is 30.4 Å². The van der Waals surface area contributed by atoms with E-state index in [0.717, 1.165) is 0 Å². The molecule has 7 nitrogen and oxygen atoms in total. The highest BCUT2D eigenvalue weighted by Gasteiger charge is 2.72. The number of anilines is 1. The fraction of sp³-hybridized carbons (Fsp3) is 0.350. The number of benzene rings is 1. The Morgan fingerprint density at radius 1 is 1.19 bits per heavy atom. The highest BCUT2D eigenvalue weighted by atomic mass is 16.5. The number of carbonyl (C=O) groups is 3. The topological polar surface area (TPSA) is 93.4 Å². The Morgan fingerprint density at radius 2 is 1.93 bits per heavy atom. The Kier molecular flexibility index (Phi) is 4.11. The Balaban J connectivity index is 1.85. The van der Waals surface area contributed by atoms with Crippen LogP contribution < -0.4 is 10.2 Å². The van der Waals surface area contributed by atoms with Crippen LogP contribution in [0.5, 0.6) is 0 Å². The van der Waals surface area contributed by atoms with Crippen LogP contribution in [0.3, 0.4) is 0 Å². The van der Waals surface area contributed by atoms with Crippen LogP contribution in [0.1, 0.15) is 25.1 Å². The maximum atomic E-state index is 13.4. The summed E-state index contributed by atoms with van der Waals surface area (Å²) in [5, 5.41) is 1.78. The lowest BCUT2D eigenvalue weighted by molar-refractivity contribution is -0.735. The van der Waals surface area contributed by atoms with Gasteiger partial charge in [-0.1, -0.05) is 25.1 Å². The van der Waals surface area contributed by atoms with Gasteiger partial charge in [-0.3, -0.25) is 9.59 Å². The second-order valence-corrected chi connectivity index (χ2v) is 6.94. The average Bonchev–Trinajstić information content (AvgIpc) is 3.39. The number of carbonyl (C=O) groups excluding carboxylic acids is 3. The molecule has 2 N–H and O–H groups in total. The summed E-state index contributed by atoms with van der Waals surface area (Å²) in [6.07, 6.45) is 1.89. The number of ether oxygens (including phenoxy) is 1. The van der Waals surface area contributed by atoms with E-state index in [0.29, 0.717) is 17.9 Å². The molecule has 4 atom stereocenters. The minimum Gasteiger partial charge on any atom is -0.464 e. The molecule has 2 aromatic rings. The maximum absolute atomic E-state index is 13.4.